The zero-order valence-corrected chi connectivity index (χ0v) is 11.2. The summed E-state index contributed by atoms with van der Waals surface area (Å²) in [6, 6.07) is 0. The first-order valence-electron chi connectivity index (χ1n) is 6.14. The van der Waals surface area contributed by atoms with Crippen LogP contribution in [0.3, 0.4) is 0 Å². The highest BCUT2D eigenvalue weighted by Crippen LogP contribution is 1.89. The van der Waals surface area contributed by atoms with Gasteiger partial charge < -0.3 is 19.9 Å². The van der Waals surface area contributed by atoms with Gasteiger partial charge >= 0.3 is 0 Å². The lowest BCUT2D eigenvalue weighted by molar-refractivity contribution is -0.00987. The molecule has 0 aliphatic rings. The molecule has 0 bridgehead atoms. The van der Waals surface area contributed by atoms with E-state index in [1.165, 1.54) is 0 Å². The van der Waals surface area contributed by atoms with Gasteiger partial charge in [0.25, 0.3) is 0 Å². The summed E-state index contributed by atoms with van der Waals surface area (Å²) in [6.45, 7) is 8.57. The molecule has 0 aromatic rings. The lowest BCUT2D eigenvalue weighted by Crippen LogP contribution is -2.31. The van der Waals surface area contributed by atoms with Crippen molar-refractivity contribution in [3.63, 3.8) is 0 Å². The number of aliphatic hydroxyl groups is 1. The van der Waals surface area contributed by atoms with Gasteiger partial charge in [0.05, 0.1) is 32.0 Å². The summed E-state index contributed by atoms with van der Waals surface area (Å²) in [5.41, 5.74) is 0. The van der Waals surface area contributed by atoms with Gasteiger partial charge in [-0.3, -0.25) is 0 Å². The first-order valence-corrected chi connectivity index (χ1v) is 6.14. The number of hydrogen-bond donors (Lipinski definition) is 2. The van der Waals surface area contributed by atoms with Crippen LogP contribution in [0.2, 0.25) is 0 Å². The Morgan fingerprint density at radius 3 is 2.71 bits per heavy atom. The molecule has 0 saturated carbocycles. The minimum Gasteiger partial charge on any atom is -0.389 e. The monoisotopic (exact) mass is 243 g/mol. The van der Waals surface area contributed by atoms with Gasteiger partial charge in [-0.1, -0.05) is 0 Å². The van der Waals surface area contributed by atoms with E-state index in [0.29, 0.717) is 26.4 Å². The Hall–Kier alpha value is -0.600. The molecule has 0 fully saturated rings. The molecule has 4 nitrogen and oxygen atoms in total. The van der Waals surface area contributed by atoms with Crippen LogP contribution in [0.5, 0.6) is 0 Å². The summed E-state index contributed by atoms with van der Waals surface area (Å²) < 4.78 is 10.6. The quantitative estimate of drug-likeness (QED) is 0.440. The van der Waals surface area contributed by atoms with E-state index in [1.807, 2.05) is 20.8 Å². The molecule has 0 aliphatic heterocycles. The second kappa shape index (κ2) is 11.9. The highest BCUT2D eigenvalue weighted by atomic mass is 16.5. The molecule has 0 rings (SSSR count). The topological polar surface area (TPSA) is 50.7 Å². The van der Waals surface area contributed by atoms with Crippen LogP contribution in [-0.2, 0) is 9.47 Å². The van der Waals surface area contributed by atoms with Crippen LogP contribution in [0.1, 0.15) is 27.2 Å². The third-order valence-corrected chi connectivity index (χ3v) is 1.97. The molecular formula is C13H25NO3. The minimum absolute atomic E-state index is 0.227. The van der Waals surface area contributed by atoms with E-state index >= 15 is 0 Å². The van der Waals surface area contributed by atoms with Crippen LogP contribution in [0, 0.1) is 11.8 Å². The second-order valence-corrected chi connectivity index (χ2v) is 4.03. The van der Waals surface area contributed by atoms with Crippen LogP contribution >= 0.6 is 0 Å². The zero-order valence-electron chi connectivity index (χ0n) is 11.2. The van der Waals surface area contributed by atoms with Gasteiger partial charge in [-0.2, -0.15) is 0 Å². The van der Waals surface area contributed by atoms with Gasteiger partial charge in [-0.15, -0.1) is 11.8 Å². The summed E-state index contributed by atoms with van der Waals surface area (Å²) in [5.74, 6) is 5.77. The number of nitrogens with one attached hydrogen (secondary N) is 1. The maximum absolute atomic E-state index is 9.55. The molecule has 0 aromatic carbocycles. The van der Waals surface area contributed by atoms with Gasteiger partial charge in [0.1, 0.15) is 0 Å². The van der Waals surface area contributed by atoms with Crippen molar-refractivity contribution in [3.05, 3.63) is 0 Å². The molecule has 0 spiro atoms. The Morgan fingerprint density at radius 2 is 2.06 bits per heavy atom. The Balaban J connectivity index is 3.22. The van der Waals surface area contributed by atoms with Crippen LogP contribution in [0.15, 0.2) is 0 Å². The Labute approximate surface area is 105 Å². The van der Waals surface area contributed by atoms with E-state index in [1.54, 1.807) is 0 Å². The average molecular weight is 243 g/mol. The van der Waals surface area contributed by atoms with E-state index in [4.69, 9.17) is 9.47 Å². The van der Waals surface area contributed by atoms with Gasteiger partial charge in [0.2, 0.25) is 0 Å². The molecule has 2 N–H and O–H groups in total. The molecule has 100 valence electrons. The molecule has 0 saturated heterocycles. The van der Waals surface area contributed by atoms with Crippen molar-refractivity contribution in [1.82, 2.24) is 5.32 Å². The van der Waals surface area contributed by atoms with Crippen LogP contribution in [0.25, 0.3) is 0 Å². The lowest BCUT2D eigenvalue weighted by Gasteiger charge is -2.12. The predicted molar refractivity (Wildman–Crippen MR) is 68.9 cm³/mol. The fourth-order valence-corrected chi connectivity index (χ4v) is 1.17. The standard InChI is InChI=1S/C13H25NO3/c1-4-5-6-7-14-10-13(15)11-16-8-9-17-12(2)3/h12-15H,6-11H2,1-3H3. The number of ether oxygens (including phenoxy) is 2. The van der Waals surface area contributed by atoms with Gasteiger partial charge in [-0.25, -0.2) is 0 Å². The molecule has 1 atom stereocenters. The third kappa shape index (κ3) is 13.3. The minimum atomic E-state index is -0.469. The van der Waals surface area contributed by atoms with E-state index in [9.17, 15) is 5.11 Å². The molecule has 0 radical (unpaired) electrons. The predicted octanol–water partition coefficient (Wildman–Crippen LogP) is 0.792. The highest BCUT2D eigenvalue weighted by molar-refractivity contribution is 4.95. The SMILES string of the molecule is CC#CCCNCC(O)COCCOC(C)C. The third-order valence-electron chi connectivity index (χ3n) is 1.97. The molecule has 17 heavy (non-hydrogen) atoms. The van der Waals surface area contributed by atoms with Crippen molar-refractivity contribution < 1.29 is 14.6 Å². The Bertz CT molecular complexity index is 220. The van der Waals surface area contributed by atoms with Crippen molar-refractivity contribution in [1.29, 1.82) is 0 Å². The molecule has 0 amide bonds. The smallest absolute Gasteiger partial charge is 0.0897 e. The zero-order chi connectivity index (χ0) is 12.9. The van der Waals surface area contributed by atoms with Crippen molar-refractivity contribution in [2.24, 2.45) is 0 Å². The van der Waals surface area contributed by atoms with E-state index in [2.05, 4.69) is 17.2 Å². The molecule has 1 unspecified atom stereocenters. The summed E-state index contributed by atoms with van der Waals surface area (Å²) in [4.78, 5) is 0. The number of hydrogen-bond acceptors (Lipinski definition) is 4. The summed E-state index contributed by atoms with van der Waals surface area (Å²) in [5, 5.41) is 12.7. The maximum atomic E-state index is 9.55. The lowest BCUT2D eigenvalue weighted by atomic mass is 10.3. The van der Waals surface area contributed by atoms with Crippen LogP contribution in [0.4, 0.5) is 0 Å². The van der Waals surface area contributed by atoms with Crippen molar-refractivity contribution >= 4 is 0 Å². The summed E-state index contributed by atoms with van der Waals surface area (Å²) >= 11 is 0. The molecule has 4 heteroatoms. The van der Waals surface area contributed by atoms with Crippen molar-refractivity contribution in [2.75, 3.05) is 32.9 Å². The van der Waals surface area contributed by atoms with Gasteiger partial charge in [-0.05, 0) is 20.8 Å². The van der Waals surface area contributed by atoms with E-state index < -0.39 is 6.10 Å². The van der Waals surface area contributed by atoms with E-state index in [0.717, 1.165) is 13.0 Å². The normalized spacial score (nSPS) is 12.3. The first kappa shape index (κ1) is 16.4. The molecule has 0 aromatic heterocycles. The van der Waals surface area contributed by atoms with E-state index in [-0.39, 0.29) is 6.10 Å². The fourth-order valence-electron chi connectivity index (χ4n) is 1.17. The highest BCUT2D eigenvalue weighted by Gasteiger charge is 2.03. The van der Waals surface area contributed by atoms with Crippen LogP contribution < -0.4 is 5.32 Å². The molecule has 0 aliphatic carbocycles. The Morgan fingerprint density at radius 1 is 1.29 bits per heavy atom. The van der Waals surface area contributed by atoms with Crippen molar-refractivity contribution in [2.45, 2.75) is 39.4 Å². The first-order chi connectivity index (χ1) is 8.16. The molecular weight excluding hydrogens is 218 g/mol. The van der Waals surface area contributed by atoms with Crippen molar-refractivity contribution in [3.8, 4) is 11.8 Å². The van der Waals surface area contributed by atoms with Gasteiger partial charge in [0.15, 0.2) is 0 Å². The maximum Gasteiger partial charge on any atom is 0.0897 e. The summed E-state index contributed by atoms with van der Waals surface area (Å²) in [6.07, 6.45) is 0.570. The van der Waals surface area contributed by atoms with Crippen LogP contribution in [-0.4, -0.2) is 50.2 Å². The second-order valence-electron chi connectivity index (χ2n) is 4.03. The Kier molecular flexibility index (Phi) is 11.5. The summed E-state index contributed by atoms with van der Waals surface area (Å²) in [7, 11) is 0. The number of aliphatic hydroxyl groups excluding tert-OH is 1. The largest absolute Gasteiger partial charge is 0.389 e. The van der Waals surface area contributed by atoms with Gasteiger partial charge in [0, 0.05) is 19.5 Å². The average Bonchev–Trinajstić information content (AvgIpc) is 2.28. The molecule has 0 heterocycles. The number of rotatable bonds is 10. The fraction of sp³-hybridized carbons (Fsp3) is 0.846.